The van der Waals surface area contributed by atoms with Crippen LogP contribution in [0, 0.1) is 5.82 Å². The number of thiophene rings is 1. The maximum atomic E-state index is 13.4. The quantitative estimate of drug-likeness (QED) is 0.813. The zero-order valence-electron chi connectivity index (χ0n) is 11.2. The molecule has 1 heterocycles. The molecule has 0 radical (unpaired) electrons. The smallest absolute Gasteiger partial charge is 0.190 e. The number of benzene rings is 1. The van der Waals surface area contributed by atoms with E-state index in [2.05, 4.69) is 5.32 Å². The van der Waals surface area contributed by atoms with Crippen LogP contribution in [-0.4, -0.2) is 31.9 Å². The van der Waals surface area contributed by atoms with Crippen LogP contribution in [0.5, 0.6) is 0 Å². The van der Waals surface area contributed by atoms with Crippen LogP contribution in [0.25, 0.3) is 0 Å². The van der Waals surface area contributed by atoms with Gasteiger partial charge in [-0.05, 0) is 17.5 Å². The molecule has 0 aliphatic heterocycles. The van der Waals surface area contributed by atoms with Crippen LogP contribution in [0.1, 0.15) is 5.56 Å². The standard InChI is InChI=1S/C14H16FNO3S2/c15-13-5-2-1-4-11(13)8-16-9-12(17)10-21(18,19)14-6-3-7-20-14/h1-7,12,16-17H,8-10H2. The summed E-state index contributed by atoms with van der Waals surface area (Å²) in [5, 5.41) is 14.3. The van der Waals surface area contributed by atoms with Crippen molar-refractivity contribution in [2.45, 2.75) is 16.9 Å². The van der Waals surface area contributed by atoms with Gasteiger partial charge in [-0.25, -0.2) is 12.8 Å². The van der Waals surface area contributed by atoms with Crippen LogP contribution >= 0.6 is 11.3 Å². The first kappa shape index (κ1) is 16.1. The van der Waals surface area contributed by atoms with Crippen LogP contribution in [-0.2, 0) is 16.4 Å². The van der Waals surface area contributed by atoms with E-state index in [1.54, 1.807) is 29.6 Å². The van der Waals surface area contributed by atoms with Gasteiger partial charge in [-0.15, -0.1) is 11.3 Å². The summed E-state index contributed by atoms with van der Waals surface area (Å²) in [5.74, 6) is -0.677. The fourth-order valence-corrected chi connectivity index (χ4v) is 4.33. The molecule has 21 heavy (non-hydrogen) atoms. The van der Waals surface area contributed by atoms with Crippen LogP contribution in [0.15, 0.2) is 46.0 Å². The number of nitrogens with one attached hydrogen (secondary N) is 1. The lowest BCUT2D eigenvalue weighted by atomic mass is 10.2. The van der Waals surface area contributed by atoms with Gasteiger partial charge in [0.2, 0.25) is 0 Å². The number of hydrogen-bond donors (Lipinski definition) is 2. The van der Waals surface area contributed by atoms with Crippen molar-refractivity contribution >= 4 is 21.2 Å². The Bertz CT molecular complexity index is 671. The van der Waals surface area contributed by atoms with Gasteiger partial charge in [-0.2, -0.15) is 0 Å². The minimum Gasteiger partial charge on any atom is -0.391 e. The third-order valence-electron chi connectivity index (χ3n) is 2.87. The molecule has 1 unspecified atom stereocenters. The molecular weight excluding hydrogens is 313 g/mol. The summed E-state index contributed by atoms with van der Waals surface area (Å²) in [7, 11) is -3.46. The van der Waals surface area contributed by atoms with Crippen molar-refractivity contribution in [1.82, 2.24) is 5.32 Å². The predicted octanol–water partition coefficient (Wildman–Crippen LogP) is 1.81. The highest BCUT2D eigenvalue weighted by Gasteiger charge is 2.20. The minimum atomic E-state index is -3.46. The van der Waals surface area contributed by atoms with Crippen molar-refractivity contribution in [3.05, 3.63) is 53.2 Å². The molecule has 0 amide bonds. The normalized spacial score (nSPS) is 13.2. The molecule has 0 aliphatic carbocycles. The third-order valence-corrected chi connectivity index (χ3v) is 6.15. The molecule has 4 nitrogen and oxygen atoms in total. The number of aliphatic hydroxyl groups is 1. The highest BCUT2D eigenvalue weighted by atomic mass is 32.2. The van der Waals surface area contributed by atoms with E-state index in [4.69, 9.17) is 0 Å². The summed E-state index contributed by atoms with van der Waals surface area (Å²) in [6.45, 7) is 0.321. The molecule has 1 aromatic carbocycles. The second kappa shape index (κ2) is 7.13. The Labute approximate surface area is 127 Å². The summed E-state index contributed by atoms with van der Waals surface area (Å²) in [5.41, 5.74) is 0.478. The predicted molar refractivity (Wildman–Crippen MR) is 80.5 cm³/mol. The number of aliphatic hydroxyl groups excluding tert-OH is 1. The van der Waals surface area contributed by atoms with E-state index in [9.17, 15) is 17.9 Å². The molecule has 0 saturated heterocycles. The molecule has 2 N–H and O–H groups in total. The largest absolute Gasteiger partial charge is 0.391 e. The Morgan fingerprint density at radius 3 is 2.67 bits per heavy atom. The molecular formula is C14H16FNO3S2. The van der Waals surface area contributed by atoms with E-state index in [0.29, 0.717) is 5.56 Å². The maximum absolute atomic E-state index is 13.4. The number of sulfone groups is 1. The third kappa shape index (κ3) is 4.60. The second-order valence-electron chi connectivity index (χ2n) is 4.59. The number of halogens is 1. The summed E-state index contributed by atoms with van der Waals surface area (Å²) in [6, 6.07) is 9.48. The lowest BCUT2D eigenvalue weighted by Crippen LogP contribution is -2.32. The highest BCUT2D eigenvalue weighted by Crippen LogP contribution is 2.18. The van der Waals surface area contributed by atoms with Crippen molar-refractivity contribution in [2.75, 3.05) is 12.3 Å². The Hall–Kier alpha value is -1.28. The molecule has 1 aromatic heterocycles. The Balaban J connectivity index is 1.83. The minimum absolute atomic E-state index is 0.0823. The van der Waals surface area contributed by atoms with Crippen LogP contribution in [0.4, 0.5) is 4.39 Å². The Morgan fingerprint density at radius 1 is 1.24 bits per heavy atom. The Morgan fingerprint density at radius 2 is 2.00 bits per heavy atom. The first-order chi connectivity index (χ1) is 9.99. The van der Waals surface area contributed by atoms with E-state index in [0.717, 1.165) is 11.3 Å². The summed E-state index contributed by atoms with van der Waals surface area (Å²) >= 11 is 1.13. The monoisotopic (exact) mass is 329 g/mol. The van der Waals surface area contributed by atoms with Gasteiger partial charge in [0.25, 0.3) is 0 Å². The summed E-state index contributed by atoms with van der Waals surface area (Å²) < 4.78 is 37.5. The first-order valence-electron chi connectivity index (χ1n) is 6.37. The SMILES string of the molecule is O=S(=O)(CC(O)CNCc1ccccc1F)c1cccs1. The lowest BCUT2D eigenvalue weighted by molar-refractivity contribution is 0.193. The molecule has 2 rings (SSSR count). The molecule has 0 spiro atoms. The molecule has 0 fully saturated rings. The molecule has 7 heteroatoms. The van der Waals surface area contributed by atoms with Crippen molar-refractivity contribution in [1.29, 1.82) is 0 Å². The molecule has 0 aliphatic rings. The van der Waals surface area contributed by atoms with E-state index < -0.39 is 15.9 Å². The topological polar surface area (TPSA) is 66.4 Å². The number of rotatable bonds is 7. The molecule has 2 aromatic rings. The Kier molecular flexibility index (Phi) is 5.46. The van der Waals surface area contributed by atoms with Gasteiger partial charge in [0, 0.05) is 18.7 Å². The van der Waals surface area contributed by atoms with Crippen molar-refractivity contribution in [3.63, 3.8) is 0 Å². The average Bonchev–Trinajstić information content (AvgIpc) is 2.95. The van der Waals surface area contributed by atoms with Crippen molar-refractivity contribution < 1.29 is 17.9 Å². The van der Waals surface area contributed by atoms with E-state index >= 15 is 0 Å². The van der Waals surface area contributed by atoms with E-state index in [1.807, 2.05) is 0 Å². The van der Waals surface area contributed by atoms with Crippen LogP contribution in [0.2, 0.25) is 0 Å². The van der Waals surface area contributed by atoms with Gasteiger partial charge >= 0.3 is 0 Å². The fraction of sp³-hybridized carbons (Fsp3) is 0.286. The van der Waals surface area contributed by atoms with Crippen LogP contribution < -0.4 is 5.32 Å². The molecule has 0 saturated carbocycles. The van der Waals surface area contributed by atoms with Gasteiger partial charge in [0.1, 0.15) is 10.0 Å². The van der Waals surface area contributed by atoms with Gasteiger partial charge in [-0.1, -0.05) is 24.3 Å². The zero-order valence-corrected chi connectivity index (χ0v) is 12.8. The molecule has 1 atom stereocenters. The van der Waals surface area contributed by atoms with Gasteiger partial charge in [-0.3, -0.25) is 0 Å². The maximum Gasteiger partial charge on any atom is 0.190 e. The van der Waals surface area contributed by atoms with E-state index in [-0.39, 0.29) is 28.9 Å². The number of hydrogen-bond acceptors (Lipinski definition) is 5. The van der Waals surface area contributed by atoms with E-state index in [1.165, 1.54) is 12.1 Å². The van der Waals surface area contributed by atoms with Crippen molar-refractivity contribution in [2.24, 2.45) is 0 Å². The zero-order chi connectivity index (χ0) is 15.3. The van der Waals surface area contributed by atoms with Gasteiger partial charge in [0.15, 0.2) is 9.84 Å². The first-order valence-corrected chi connectivity index (χ1v) is 8.90. The second-order valence-corrected chi connectivity index (χ2v) is 7.80. The molecule has 0 bridgehead atoms. The van der Waals surface area contributed by atoms with Crippen LogP contribution in [0.3, 0.4) is 0 Å². The molecule has 114 valence electrons. The summed E-state index contributed by atoms with van der Waals surface area (Å²) in [6.07, 6.45) is -1.04. The fourth-order valence-electron chi connectivity index (χ4n) is 1.85. The summed E-state index contributed by atoms with van der Waals surface area (Å²) in [4.78, 5) is 0. The highest BCUT2D eigenvalue weighted by molar-refractivity contribution is 7.93. The van der Waals surface area contributed by atoms with Crippen molar-refractivity contribution in [3.8, 4) is 0 Å². The van der Waals surface area contributed by atoms with Gasteiger partial charge in [0.05, 0.1) is 11.9 Å². The van der Waals surface area contributed by atoms with Gasteiger partial charge < -0.3 is 10.4 Å². The average molecular weight is 329 g/mol. The lowest BCUT2D eigenvalue weighted by Gasteiger charge is -2.12.